The molecule has 1 aromatic carbocycles. The molecule has 0 aromatic heterocycles. The molecule has 0 heterocycles. The van der Waals surface area contributed by atoms with Gasteiger partial charge < -0.3 is 10.6 Å². The lowest BCUT2D eigenvalue weighted by molar-refractivity contribution is 0.309. The van der Waals surface area contributed by atoms with Gasteiger partial charge in [-0.25, -0.2) is 17.5 Å². The molecule has 0 bridgehead atoms. The van der Waals surface area contributed by atoms with Crippen LogP contribution in [0.15, 0.2) is 23.1 Å². The lowest BCUT2D eigenvalue weighted by Crippen LogP contribution is -2.34. The van der Waals surface area contributed by atoms with Gasteiger partial charge >= 0.3 is 0 Å². The van der Waals surface area contributed by atoms with Crippen LogP contribution in [-0.2, 0) is 10.0 Å². The molecule has 0 amide bonds. The Kier molecular flexibility index (Phi) is 6.66. The van der Waals surface area contributed by atoms with Gasteiger partial charge in [0.2, 0.25) is 10.0 Å². The van der Waals surface area contributed by atoms with Crippen LogP contribution in [0, 0.1) is 5.82 Å². The van der Waals surface area contributed by atoms with Crippen molar-refractivity contribution in [2.45, 2.75) is 18.7 Å². The highest BCUT2D eigenvalue weighted by Crippen LogP contribution is 2.15. The van der Waals surface area contributed by atoms with Gasteiger partial charge in [0, 0.05) is 18.7 Å². The fourth-order valence-electron chi connectivity index (χ4n) is 1.82. The number of benzene rings is 1. The summed E-state index contributed by atoms with van der Waals surface area (Å²) < 4.78 is 40.2. The highest BCUT2D eigenvalue weighted by molar-refractivity contribution is 7.89. The third-order valence-corrected chi connectivity index (χ3v) is 4.81. The van der Waals surface area contributed by atoms with E-state index in [0.29, 0.717) is 6.54 Å². The minimum Gasteiger partial charge on any atom is -0.389 e. The maximum absolute atomic E-state index is 13.5. The molecule has 1 rings (SSSR count). The van der Waals surface area contributed by atoms with Gasteiger partial charge in [0.25, 0.3) is 0 Å². The number of nitrogens with one attached hydrogen (secondary N) is 1. The number of rotatable bonds is 8. The number of nitrogens with zero attached hydrogens (tertiary/aromatic N) is 1. The van der Waals surface area contributed by atoms with Crippen molar-refractivity contribution >= 4 is 27.2 Å². The molecular weight excluding hydrogens is 313 g/mol. The molecule has 1 aromatic rings. The molecule has 0 unspecified atom stereocenters. The Bertz CT molecular complexity index is 601. The van der Waals surface area contributed by atoms with Crippen LogP contribution in [0.1, 0.15) is 19.4 Å². The zero-order valence-corrected chi connectivity index (χ0v) is 13.7. The quantitative estimate of drug-likeness (QED) is 0.696. The second kappa shape index (κ2) is 7.79. The number of hydrogen-bond donors (Lipinski definition) is 2. The number of sulfonamides is 1. The molecule has 118 valence electrons. The second-order valence-electron chi connectivity index (χ2n) is 4.43. The van der Waals surface area contributed by atoms with Gasteiger partial charge in [-0.15, -0.1) is 0 Å². The number of halogens is 1. The molecule has 8 heteroatoms. The van der Waals surface area contributed by atoms with Gasteiger partial charge in [-0.05, 0) is 31.3 Å². The highest BCUT2D eigenvalue weighted by Gasteiger charge is 2.17. The summed E-state index contributed by atoms with van der Waals surface area (Å²) in [5.74, 6) is -0.635. The van der Waals surface area contributed by atoms with E-state index in [-0.39, 0.29) is 22.0 Å². The Hall–Kier alpha value is -1.09. The minimum absolute atomic E-state index is 0.0498. The van der Waals surface area contributed by atoms with Crippen molar-refractivity contribution in [1.29, 1.82) is 0 Å². The van der Waals surface area contributed by atoms with Crippen molar-refractivity contribution in [3.05, 3.63) is 29.6 Å². The maximum atomic E-state index is 13.5. The molecule has 0 saturated carbocycles. The SMILES string of the molecule is CCN(CC)CCNS(=O)(=O)c1ccc(F)c(C(N)=S)c1. The molecule has 21 heavy (non-hydrogen) atoms. The fraction of sp³-hybridized carbons (Fsp3) is 0.462. The molecule has 0 fully saturated rings. The van der Waals surface area contributed by atoms with Gasteiger partial charge in [-0.3, -0.25) is 0 Å². The normalized spacial score (nSPS) is 11.8. The molecule has 0 spiro atoms. The smallest absolute Gasteiger partial charge is 0.240 e. The zero-order valence-electron chi connectivity index (χ0n) is 12.1. The molecule has 0 aliphatic heterocycles. The van der Waals surface area contributed by atoms with Crippen molar-refractivity contribution in [2.24, 2.45) is 5.73 Å². The van der Waals surface area contributed by atoms with Crippen LogP contribution in [0.4, 0.5) is 4.39 Å². The standard InChI is InChI=1S/C13H20FN3O2S2/c1-3-17(4-2)8-7-16-21(18,19)10-5-6-12(14)11(9-10)13(15)20/h5-6,9,16H,3-4,7-8H2,1-2H3,(H2,15,20). The summed E-state index contributed by atoms with van der Waals surface area (Å²) in [6.45, 7) is 6.60. The first-order valence-corrected chi connectivity index (χ1v) is 8.52. The van der Waals surface area contributed by atoms with Crippen LogP contribution in [0.2, 0.25) is 0 Å². The van der Waals surface area contributed by atoms with Crippen LogP contribution >= 0.6 is 12.2 Å². The predicted octanol–water partition coefficient (Wildman–Crippen LogP) is 1.08. The molecule has 0 aliphatic rings. The Balaban J connectivity index is 2.84. The second-order valence-corrected chi connectivity index (χ2v) is 6.64. The van der Waals surface area contributed by atoms with Crippen molar-refractivity contribution < 1.29 is 12.8 Å². The van der Waals surface area contributed by atoms with E-state index in [0.717, 1.165) is 25.2 Å². The molecule has 5 nitrogen and oxygen atoms in total. The van der Waals surface area contributed by atoms with Gasteiger partial charge in [0.05, 0.1) is 4.90 Å². The Morgan fingerprint density at radius 1 is 1.38 bits per heavy atom. The molecular formula is C13H20FN3O2S2. The summed E-state index contributed by atoms with van der Waals surface area (Å²) in [5.41, 5.74) is 5.30. The summed E-state index contributed by atoms with van der Waals surface area (Å²) in [4.78, 5) is 1.87. The third kappa shape index (κ3) is 4.99. The first-order valence-electron chi connectivity index (χ1n) is 6.63. The highest BCUT2D eigenvalue weighted by atomic mass is 32.2. The van der Waals surface area contributed by atoms with Gasteiger partial charge in [0.1, 0.15) is 10.8 Å². The van der Waals surface area contributed by atoms with E-state index in [1.54, 1.807) is 0 Å². The number of likely N-dealkylation sites (N-methyl/N-ethyl adjacent to an activating group) is 1. The Morgan fingerprint density at radius 2 is 2.00 bits per heavy atom. The van der Waals surface area contributed by atoms with Crippen LogP contribution in [-0.4, -0.2) is 44.5 Å². The van der Waals surface area contributed by atoms with E-state index >= 15 is 0 Å². The van der Waals surface area contributed by atoms with E-state index in [4.69, 9.17) is 18.0 Å². The summed E-state index contributed by atoms with van der Waals surface area (Å²) >= 11 is 4.70. The number of thiocarbonyl (C=S) groups is 1. The average Bonchev–Trinajstić information content (AvgIpc) is 2.43. The van der Waals surface area contributed by atoms with Crippen molar-refractivity contribution in [1.82, 2.24) is 9.62 Å². The summed E-state index contributed by atoms with van der Waals surface area (Å²) in [6.07, 6.45) is 0. The number of nitrogens with two attached hydrogens (primary N) is 1. The van der Waals surface area contributed by atoms with E-state index in [1.807, 2.05) is 13.8 Å². The van der Waals surface area contributed by atoms with E-state index in [9.17, 15) is 12.8 Å². The first kappa shape index (κ1) is 18.0. The maximum Gasteiger partial charge on any atom is 0.240 e. The van der Waals surface area contributed by atoms with Crippen LogP contribution < -0.4 is 10.5 Å². The monoisotopic (exact) mass is 333 g/mol. The molecule has 3 N–H and O–H groups in total. The van der Waals surface area contributed by atoms with Crippen LogP contribution in [0.3, 0.4) is 0 Å². The molecule has 0 atom stereocenters. The fourth-order valence-corrected chi connectivity index (χ4v) is 3.02. The van der Waals surface area contributed by atoms with Crippen molar-refractivity contribution in [3.8, 4) is 0 Å². The van der Waals surface area contributed by atoms with E-state index in [1.165, 1.54) is 6.07 Å². The predicted molar refractivity (Wildman–Crippen MR) is 85.3 cm³/mol. The van der Waals surface area contributed by atoms with Gasteiger partial charge in [-0.1, -0.05) is 26.1 Å². The Labute approximate surface area is 130 Å². The lowest BCUT2D eigenvalue weighted by atomic mass is 10.2. The van der Waals surface area contributed by atoms with Crippen molar-refractivity contribution in [2.75, 3.05) is 26.2 Å². The Morgan fingerprint density at radius 3 is 2.52 bits per heavy atom. The van der Waals surface area contributed by atoms with Gasteiger partial charge in [0.15, 0.2) is 0 Å². The lowest BCUT2D eigenvalue weighted by Gasteiger charge is -2.18. The van der Waals surface area contributed by atoms with Gasteiger partial charge in [-0.2, -0.15) is 0 Å². The first-order chi connectivity index (χ1) is 9.81. The average molecular weight is 333 g/mol. The van der Waals surface area contributed by atoms with Crippen LogP contribution in [0.5, 0.6) is 0 Å². The van der Waals surface area contributed by atoms with E-state index in [2.05, 4.69) is 9.62 Å². The topological polar surface area (TPSA) is 75.4 Å². The van der Waals surface area contributed by atoms with Crippen LogP contribution in [0.25, 0.3) is 0 Å². The zero-order chi connectivity index (χ0) is 16.0. The number of hydrogen-bond acceptors (Lipinski definition) is 4. The summed E-state index contributed by atoms with van der Waals surface area (Å²) in [7, 11) is -3.70. The molecule has 0 aliphatic carbocycles. The van der Waals surface area contributed by atoms with Crippen molar-refractivity contribution in [3.63, 3.8) is 0 Å². The molecule has 0 saturated heterocycles. The largest absolute Gasteiger partial charge is 0.389 e. The minimum atomic E-state index is -3.70. The summed E-state index contributed by atoms with van der Waals surface area (Å²) in [6, 6.07) is 3.39. The molecule has 0 radical (unpaired) electrons. The van der Waals surface area contributed by atoms with E-state index < -0.39 is 15.8 Å². The third-order valence-electron chi connectivity index (χ3n) is 3.13. The summed E-state index contributed by atoms with van der Waals surface area (Å²) in [5, 5.41) is 0.